The lowest BCUT2D eigenvalue weighted by Crippen LogP contribution is -2.03. The zero-order valence-electron chi connectivity index (χ0n) is 15.7. The largest absolute Gasteiger partial charge is 0.494 e. The molecule has 0 aliphatic rings. The fourth-order valence-corrected chi connectivity index (χ4v) is 2.99. The van der Waals surface area contributed by atoms with E-state index < -0.39 is 0 Å². The molecule has 136 valence electrons. The van der Waals surface area contributed by atoms with Gasteiger partial charge in [-0.1, -0.05) is 75.4 Å². The van der Waals surface area contributed by atoms with Gasteiger partial charge in [0, 0.05) is 0 Å². The van der Waals surface area contributed by atoms with Crippen LogP contribution in [0.5, 0.6) is 5.75 Å². The van der Waals surface area contributed by atoms with Gasteiger partial charge in [-0.25, -0.2) is 0 Å². The summed E-state index contributed by atoms with van der Waals surface area (Å²) < 4.78 is 5.84. The summed E-state index contributed by atoms with van der Waals surface area (Å²) in [6, 6.07) is 16.7. The van der Waals surface area contributed by atoms with Crippen LogP contribution in [0, 0.1) is 0 Å². The van der Waals surface area contributed by atoms with E-state index in [0.29, 0.717) is 6.42 Å². The zero-order chi connectivity index (χ0) is 17.9. The van der Waals surface area contributed by atoms with Gasteiger partial charge in [0.25, 0.3) is 0 Å². The first-order valence-corrected chi connectivity index (χ1v) is 9.69. The second-order valence-corrected chi connectivity index (χ2v) is 6.89. The number of aliphatic hydroxyl groups is 1. The molecule has 0 unspecified atom stereocenters. The van der Waals surface area contributed by atoms with E-state index in [1.54, 1.807) is 0 Å². The van der Waals surface area contributed by atoms with Gasteiger partial charge in [0.05, 0.1) is 12.7 Å². The number of hydrogen-bond acceptors (Lipinski definition) is 2. The molecule has 0 bridgehead atoms. The minimum absolute atomic E-state index is 0.297. The number of aliphatic hydroxyl groups excluding tert-OH is 1. The Morgan fingerprint density at radius 1 is 0.800 bits per heavy atom. The van der Waals surface area contributed by atoms with Gasteiger partial charge in [-0.2, -0.15) is 0 Å². The molecule has 1 atom stereocenters. The Morgan fingerprint density at radius 2 is 1.36 bits per heavy atom. The zero-order valence-corrected chi connectivity index (χ0v) is 15.7. The van der Waals surface area contributed by atoms with E-state index in [1.807, 2.05) is 6.92 Å². The summed E-state index contributed by atoms with van der Waals surface area (Å²) in [7, 11) is 0. The van der Waals surface area contributed by atoms with E-state index in [0.717, 1.165) is 24.3 Å². The lowest BCUT2D eigenvalue weighted by Gasteiger charge is -2.09. The normalized spacial score (nSPS) is 12.1. The third-order valence-corrected chi connectivity index (χ3v) is 4.44. The Kier molecular flexibility index (Phi) is 8.54. The smallest absolute Gasteiger partial charge is 0.119 e. The van der Waals surface area contributed by atoms with Gasteiger partial charge in [-0.05, 0) is 48.6 Å². The van der Waals surface area contributed by atoms with E-state index in [2.05, 4.69) is 55.5 Å². The number of rotatable bonds is 11. The molecule has 2 aromatic rings. The molecule has 0 aromatic heterocycles. The van der Waals surface area contributed by atoms with E-state index >= 15 is 0 Å². The highest BCUT2D eigenvalue weighted by Crippen LogP contribution is 2.23. The van der Waals surface area contributed by atoms with Crippen molar-refractivity contribution in [1.29, 1.82) is 0 Å². The second kappa shape index (κ2) is 10.9. The van der Waals surface area contributed by atoms with Crippen LogP contribution in [0.4, 0.5) is 0 Å². The average molecular weight is 341 g/mol. The minimum Gasteiger partial charge on any atom is -0.494 e. The Hall–Kier alpha value is -1.80. The van der Waals surface area contributed by atoms with Crippen molar-refractivity contribution < 1.29 is 9.84 Å². The molecule has 0 aliphatic heterocycles. The first kappa shape index (κ1) is 19.5. The van der Waals surface area contributed by atoms with Crippen LogP contribution in [0.3, 0.4) is 0 Å². The standard InChI is InChI=1S/C23H32O2/c1-3-4-5-6-7-8-17-25-23-15-13-22(14-16-23)21-11-9-20(10-12-21)18-19(2)24/h9-16,19,24H,3-8,17-18H2,1-2H3/t19-/m0/s1. The highest BCUT2D eigenvalue weighted by atomic mass is 16.5. The van der Waals surface area contributed by atoms with Gasteiger partial charge < -0.3 is 9.84 Å². The van der Waals surface area contributed by atoms with Crippen molar-refractivity contribution >= 4 is 0 Å². The summed E-state index contributed by atoms with van der Waals surface area (Å²) in [5.41, 5.74) is 3.55. The summed E-state index contributed by atoms with van der Waals surface area (Å²) >= 11 is 0. The molecule has 0 heterocycles. The van der Waals surface area contributed by atoms with Gasteiger partial charge in [0.15, 0.2) is 0 Å². The maximum absolute atomic E-state index is 9.45. The van der Waals surface area contributed by atoms with Crippen molar-refractivity contribution in [3.05, 3.63) is 54.1 Å². The molecule has 1 N–H and O–H groups in total. The van der Waals surface area contributed by atoms with Gasteiger partial charge in [-0.3, -0.25) is 0 Å². The van der Waals surface area contributed by atoms with Crippen LogP contribution in [-0.2, 0) is 6.42 Å². The van der Waals surface area contributed by atoms with Gasteiger partial charge in [-0.15, -0.1) is 0 Å². The van der Waals surface area contributed by atoms with Crippen LogP contribution in [-0.4, -0.2) is 17.8 Å². The van der Waals surface area contributed by atoms with Crippen LogP contribution in [0.25, 0.3) is 11.1 Å². The molecular formula is C23H32O2. The monoisotopic (exact) mass is 340 g/mol. The predicted molar refractivity (Wildman–Crippen MR) is 106 cm³/mol. The van der Waals surface area contributed by atoms with Gasteiger partial charge >= 0.3 is 0 Å². The van der Waals surface area contributed by atoms with E-state index in [4.69, 9.17) is 4.74 Å². The van der Waals surface area contributed by atoms with Crippen molar-refractivity contribution in [2.75, 3.05) is 6.61 Å². The molecule has 25 heavy (non-hydrogen) atoms. The fourth-order valence-electron chi connectivity index (χ4n) is 2.99. The third-order valence-electron chi connectivity index (χ3n) is 4.44. The molecular weight excluding hydrogens is 308 g/mol. The van der Waals surface area contributed by atoms with Crippen molar-refractivity contribution in [3.63, 3.8) is 0 Å². The van der Waals surface area contributed by atoms with Crippen molar-refractivity contribution in [2.45, 2.75) is 64.9 Å². The third kappa shape index (κ3) is 7.31. The molecule has 2 aromatic carbocycles. The van der Waals surface area contributed by atoms with Gasteiger partial charge in [0.2, 0.25) is 0 Å². The summed E-state index contributed by atoms with van der Waals surface area (Å²) in [5.74, 6) is 0.947. The molecule has 0 radical (unpaired) electrons. The molecule has 2 heteroatoms. The van der Waals surface area contributed by atoms with Crippen LogP contribution >= 0.6 is 0 Å². The van der Waals surface area contributed by atoms with E-state index in [1.165, 1.54) is 43.2 Å². The quantitative estimate of drug-likeness (QED) is 0.507. The van der Waals surface area contributed by atoms with Crippen LogP contribution in [0.15, 0.2) is 48.5 Å². The van der Waals surface area contributed by atoms with Gasteiger partial charge in [0.1, 0.15) is 5.75 Å². The molecule has 2 rings (SSSR count). The Balaban J connectivity index is 1.77. The summed E-state index contributed by atoms with van der Waals surface area (Å²) in [6.07, 6.45) is 8.11. The molecule has 2 nitrogen and oxygen atoms in total. The topological polar surface area (TPSA) is 29.5 Å². The first-order chi connectivity index (χ1) is 12.2. The first-order valence-electron chi connectivity index (χ1n) is 9.69. The van der Waals surface area contributed by atoms with Crippen molar-refractivity contribution in [1.82, 2.24) is 0 Å². The molecule has 0 fully saturated rings. The second-order valence-electron chi connectivity index (χ2n) is 6.89. The van der Waals surface area contributed by atoms with Crippen molar-refractivity contribution in [2.24, 2.45) is 0 Å². The van der Waals surface area contributed by atoms with Crippen LogP contribution in [0.2, 0.25) is 0 Å². The van der Waals surface area contributed by atoms with E-state index in [-0.39, 0.29) is 6.10 Å². The summed E-state index contributed by atoms with van der Waals surface area (Å²) in [4.78, 5) is 0. The molecule has 0 saturated heterocycles. The van der Waals surface area contributed by atoms with Crippen molar-refractivity contribution in [3.8, 4) is 16.9 Å². The maximum atomic E-state index is 9.45. The van der Waals surface area contributed by atoms with E-state index in [9.17, 15) is 5.11 Å². The Bertz CT molecular complexity index is 584. The average Bonchev–Trinajstić information content (AvgIpc) is 2.62. The SMILES string of the molecule is CCCCCCCCOc1ccc(-c2ccc(C[C@H](C)O)cc2)cc1. The molecule has 0 spiro atoms. The predicted octanol–water partition coefficient (Wildman–Crippen LogP) is 6.02. The highest BCUT2D eigenvalue weighted by molar-refractivity contribution is 5.64. The number of ether oxygens (including phenoxy) is 1. The van der Waals surface area contributed by atoms with Crippen LogP contribution < -0.4 is 4.74 Å². The summed E-state index contributed by atoms with van der Waals surface area (Å²) in [6.45, 7) is 4.87. The number of benzene rings is 2. The minimum atomic E-state index is -0.297. The highest BCUT2D eigenvalue weighted by Gasteiger charge is 2.02. The molecule has 0 amide bonds. The Morgan fingerprint density at radius 3 is 1.96 bits per heavy atom. The summed E-state index contributed by atoms with van der Waals surface area (Å²) in [5, 5.41) is 9.45. The lowest BCUT2D eigenvalue weighted by molar-refractivity contribution is 0.195. The number of hydrogen-bond donors (Lipinski definition) is 1. The molecule has 0 saturated carbocycles. The Labute approximate surface area is 152 Å². The fraction of sp³-hybridized carbons (Fsp3) is 0.478. The molecule has 0 aliphatic carbocycles. The maximum Gasteiger partial charge on any atom is 0.119 e. The number of unbranched alkanes of at least 4 members (excludes halogenated alkanes) is 5. The van der Waals surface area contributed by atoms with Crippen LogP contribution in [0.1, 0.15) is 57.9 Å². The lowest BCUT2D eigenvalue weighted by atomic mass is 10.0.